The maximum absolute atomic E-state index is 14.2. The Hall–Kier alpha value is -2.89. The van der Waals surface area contributed by atoms with Crippen molar-refractivity contribution in [2.75, 3.05) is 46.6 Å². The van der Waals surface area contributed by atoms with E-state index < -0.39 is 10.8 Å². The quantitative estimate of drug-likeness (QED) is 0.223. The number of piperidine rings is 1. The fraction of sp³-hybridized carbons (Fsp3) is 0.444. The molecule has 5 rings (SSSR count). The number of fused-ring (bicyclic) bond motifs is 1. The van der Waals surface area contributed by atoms with Gasteiger partial charge in [0.1, 0.15) is 11.8 Å². The van der Waals surface area contributed by atoms with Crippen molar-refractivity contribution >= 4 is 39.9 Å². The molecule has 238 valence electrons. The molecule has 1 aliphatic carbocycles. The van der Waals surface area contributed by atoms with Gasteiger partial charge in [-0.2, -0.15) is 5.26 Å². The zero-order chi connectivity index (χ0) is 32.1. The summed E-state index contributed by atoms with van der Waals surface area (Å²) in [7, 11) is 2.36. The van der Waals surface area contributed by atoms with Crippen molar-refractivity contribution in [1.82, 2.24) is 9.80 Å². The number of nitriles is 1. The summed E-state index contributed by atoms with van der Waals surface area (Å²) in [6, 6.07) is 18.0. The zero-order valence-corrected chi connectivity index (χ0v) is 28.6. The van der Waals surface area contributed by atoms with Gasteiger partial charge in [0.05, 0.1) is 39.1 Å². The second kappa shape index (κ2) is 15.1. The fourth-order valence-electron chi connectivity index (χ4n) is 7.03. The van der Waals surface area contributed by atoms with E-state index in [1.54, 1.807) is 11.2 Å². The van der Waals surface area contributed by atoms with Crippen LogP contribution in [0.1, 0.15) is 82.1 Å². The third-order valence-corrected chi connectivity index (χ3v) is 11.2. The highest BCUT2D eigenvalue weighted by atomic mass is 35.5. The molecule has 1 aliphatic heterocycles. The van der Waals surface area contributed by atoms with Gasteiger partial charge in [-0.25, -0.2) is 0 Å². The van der Waals surface area contributed by atoms with Gasteiger partial charge >= 0.3 is 0 Å². The summed E-state index contributed by atoms with van der Waals surface area (Å²) in [6.07, 6.45) is 8.35. The van der Waals surface area contributed by atoms with Crippen LogP contribution in [0.4, 0.5) is 0 Å². The third-order valence-electron chi connectivity index (χ3n) is 9.45. The summed E-state index contributed by atoms with van der Waals surface area (Å²) < 4.78 is 18.0. The van der Waals surface area contributed by atoms with Crippen molar-refractivity contribution in [1.29, 1.82) is 5.26 Å². The first kappa shape index (κ1) is 33.5. The van der Waals surface area contributed by atoms with Gasteiger partial charge in [0.15, 0.2) is 0 Å². The normalized spacial score (nSPS) is 16.8. The summed E-state index contributed by atoms with van der Waals surface area (Å²) >= 11 is 12.8. The lowest BCUT2D eigenvalue weighted by Gasteiger charge is -2.34. The number of carbonyl (C=O) groups is 1. The third kappa shape index (κ3) is 7.58. The van der Waals surface area contributed by atoms with E-state index in [0.29, 0.717) is 39.4 Å². The van der Waals surface area contributed by atoms with Crippen molar-refractivity contribution in [2.45, 2.75) is 61.7 Å². The van der Waals surface area contributed by atoms with Gasteiger partial charge < -0.3 is 14.5 Å². The Balaban J connectivity index is 1.33. The molecule has 3 aromatic carbocycles. The van der Waals surface area contributed by atoms with Gasteiger partial charge in [-0.3, -0.25) is 9.00 Å². The predicted molar refractivity (Wildman–Crippen MR) is 182 cm³/mol. The smallest absolute Gasteiger partial charge is 0.257 e. The standard InChI is InChI=1S/C36H41Cl2N3O3S/c1-40(36(42)34-30-10-5-4-8-26(30)20-28(22-39)35(34)44-2)23-27(25-12-13-31(37)32(38)21-25)16-19-41-17-14-24(15-18-41)29-9-6-7-11-33(29)45(3)43/h6-7,9,11-13,20-21,24,27H,4-5,8,10,14-19,23H2,1-3H3/t27?,45-/m0/s1. The minimum absolute atomic E-state index is 0.0237. The molecule has 9 heteroatoms. The van der Waals surface area contributed by atoms with E-state index in [-0.39, 0.29) is 11.8 Å². The molecule has 1 unspecified atom stereocenters. The van der Waals surface area contributed by atoms with Crippen LogP contribution >= 0.6 is 23.2 Å². The minimum atomic E-state index is -1.00. The molecule has 2 atom stereocenters. The summed E-state index contributed by atoms with van der Waals surface area (Å²) in [5, 5.41) is 10.9. The van der Waals surface area contributed by atoms with Crippen molar-refractivity contribution in [3.05, 3.63) is 92.0 Å². The van der Waals surface area contributed by atoms with Gasteiger partial charge in [0.25, 0.3) is 5.91 Å². The van der Waals surface area contributed by atoms with Crippen LogP contribution in [-0.2, 0) is 23.6 Å². The van der Waals surface area contributed by atoms with E-state index >= 15 is 0 Å². The Morgan fingerprint density at radius 3 is 2.53 bits per heavy atom. The first-order valence-corrected chi connectivity index (χ1v) is 18.0. The van der Waals surface area contributed by atoms with Crippen LogP contribution in [0.5, 0.6) is 5.75 Å². The number of aryl methyl sites for hydroxylation is 1. The largest absolute Gasteiger partial charge is 0.495 e. The Kier molecular flexibility index (Phi) is 11.3. The van der Waals surface area contributed by atoms with Crippen LogP contribution in [0.15, 0.2) is 53.4 Å². The molecule has 1 saturated heterocycles. The van der Waals surface area contributed by atoms with Crippen LogP contribution in [-0.4, -0.2) is 66.5 Å². The highest BCUT2D eigenvalue weighted by molar-refractivity contribution is 7.84. The van der Waals surface area contributed by atoms with Crippen molar-refractivity contribution in [3.8, 4) is 11.8 Å². The van der Waals surface area contributed by atoms with Crippen LogP contribution in [0, 0.1) is 11.3 Å². The van der Waals surface area contributed by atoms with E-state index in [2.05, 4.69) is 17.0 Å². The fourth-order valence-corrected chi connectivity index (χ4v) is 8.17. The number of nitrogens with zero attached hydrogens (tertiary/aromatic N) is 3. The average Bonchev–Trinajstić information content (AvgIpc) is 3.06. The van der Waals surface area contributed by atoms with Gasteiger partial charge in [0.2, 0.25) is 0 Å². The summed E-state index contributed by atoms with van der Waals surface area (Å²) in [6.45, 7) is 3.28. The molecule has 2 aliphatic rings. The lowest BCUT2D eigenvalue weighted by Crippen LogP contribution is -2.37. The number of benzene rings is 3. The van der Waals surface area contributed by atoms with Crippen LogP contribution < -0.4 is 4.74 Å². The molecule has 1 amide bonds. The first-order chi connectivity index (χ1) is 21.7. The molecule has 0 aromatic heterocycles. The number of halogens is 2. The number of hydrogen-bond donors (Lipinski definition) is 0. The van der Waals surface area contributed by atoms with E-state index in [9.17, 15) is 14.3 Å². The predicted octanol–water partition coefficient (Wildman–Crippen LogP) is 7.62. The molecule has 0 spiro atoms. The van der Waals surface area contributed by atoms with Crippen LogP contribution in [0.2, 0.25) is 10.0 Å². The molecule has 0 N–H and O–H groups in total. The van der Waals surface area contributed by atoms with E-state index in [1.807, 2.05) is 49.5 Å². The first-order valence-electron chi connectivity index (χ1n) is 15.7. The van der Waals surface area contributed by atoms with Crippen LogP contribution in [0.3, 0.4) is 0 Å². The molecule has 1 heterocycles. The topological polar surface area (TPSA) is 73.6 Å². The van der Waals surface area contributed by atoms with Crippen molar-refractivity contribution < 1.29 is 13.7 Å². The average molecular weight is 667 g/mol. The Labute approximate surface area is 279 Å². The molecule has 3 aromatic rings. The highest BCUT2D eigenvalue weighted by Crippen LogP contribution is 2.37. The summed E-state index contributed by atoms with van der Waals surface area (Å²) in [4.78, 5) is 19.4. The molecular formula is C36H41Cl2N3O3S. The maximum Gasteiger partial charge on any atom is 0.257 e. The molecule has 6 nitrogen and oxygen atoms in total. The van der Waals surface area contributed by atoms with Gasteiger partial charge in [-0.05, 0) is 117 Å². The van der Waals surface area contributed by atoms with Gasteiger partial charge in [0, 0.05) is 30.7 Å². The maximum atomic E-state index is 14.2. The molecule has 0 radical (unpaired) electrons. The van der Waals surface area contributed by atoms with E-state index in [4.69, 9.17) is 27.9 Å². The van der Waals surface area contributed by atoms with Crippen LogP contribution in [0.25, 0.3) is 0 Å². The minimum Gasteiger partial charge on any atom is -0.495 e. The summed E-state index contributed by atoms with van der Waals surface area (Å²) in [5.74, 6) is 0.675. The summed E-state index contributed by atoms with van der Waals surface area (Å²) in [5.41, 5.74) is 5.27. The van der Waals surface area contributed by atoms with E-state index in [0.717, 1.165) is 86.2 Å². The number of hydrogen-bond acceptors (Lipinski definition) is 5. The van der Waals surface area contributed by atoms with Gasteiger partial charge in [-0.1, -0.05) is 47.5 Å². The SMILES string of the molecule is COc1c(C#N)cc2c(c1C(=O)N(C)CC(CCN1CCC(c3ccccc3[S@](C)=O)CC1)c1ccc(Cl)c(Cl)c1)CCCC2. The van der Waals surface area contributed by atoms with Crippen molar-refractivity contribution in [3.63, 3.8) is 0 Å². The van der Waals surface area contributed by atoms with E-state index in [1.165, 1.54) is 12.7 Å². The highest BCUT2D eigenvalue weighted by Gasteiger charge is 2.30. The Bertz CT molecular complexity index is 1610. The lowest BCUT2D eigenvalue weighted by molar-refractivity contribution is 0.0776. The second-order valence-corrected chi connectivity index (χ2v) is 14.4. The molecule has 0 bridgehead atoms. The number of ether oxygens (including phenoxy) is 1. The molecule has 0 saturated carbocycles. The van der Waals surface area contributed by atoms with Crippen molar-refractivity contribution in [2.24, 2.45) is 0 Å². The molecular weight excluding hydrogens is 625 g/mol. The second-order valence-electron chi connectivity index (χ2n) is 12.2. The monoisotopic (exact) mass is 665 g/mol. The number of rotatable bonds is 10. The molecule has 1 fully saturated rings. The van der Waals surface area contributed by atoms with Gasteiger partial charge in [-0.15, -0.1) is 0 Å². The number of amides is 1. The Morgan fingerprint density at radius 2 is 1.84 bits per heavy atom. The number of methoxy groups -OCH3 is 1. The number of likely N-dealkylation sites (N-methyl/N-ethyl adjacent to an activating group) is 1. The number of carbonyl (C=O) groups excluding carboxylic acids is 1. The molecule has 45 heavy (non-hydrogen) atoms. The zero-order valence-electron chi connectivity index (χ0n) is 26.3. The lowest BCUT2D eigenvalue weighted by atomic mass is 9.85. The Morgan fingerprint density at radius 1 is 1.11 bits per heavy atom. The number of likely N-dealkylation sites (tertiary alicyclic amines) is 1.